The van der Waals surface area contributed by atoms with Gasteiger partial charge in [-0.1, -0.05) is 11.8 Å². The monoisotopic (exact) mass is 248 g/mol. The van der Waals surface area contributed by atoms with E-state index in [-0.39, 0.29) is 4.90 Å². The van der Waals surface area contributed by atoms with Gasteiger partial charge in [0.2, 0.25) is 0 Å². The molecular weight excluding hydrogens is 242 g/mol. The molecule has 0 radical (unpaired) electrons. The highest BCUT2D eigenvalue weighted by molar-refractivity contribution is 7.99. The van der Waals surface area contributed by atoms with E-state index in [1.165, 1.54) is 12.3 Å². The van der Waals surface area contributed by atoms with Gasteiger partial charge >= 0.3 is 0 Å². The first-order chi connectivity index (χ1) is 8.19. The van der Waals surface area contributed by atoms with Crippen molar-refractivity contribution in [2.45, 2.75) is 9.92 Å². The Morgan fingerprint density at radius 2 is 2.00 bits per heavy atom. The molecule has 0 unspecified atom stereocenters. The molecule has 0 atom stereocenters. The van der Waals surface area contributed by atoms with Gasteiger partial charge in [-0.2, -0.15) is 5.26 Å². The standard InChI is InChI=1S/C12H6F2N2S/c13-9-1-2-10(14)11(6-9)17-12-5-8(7-15)3-4-16-12/h1-6H. The van der Waals surface area contributed by atoms with E-state index >= 15 is 0 Å². The van der Waals surface area contributed by atoms with Crippen LogP contribution < -0.4 is 0 Å². The Morgan fingerprint density at radius 1 is 1.18 bits per heavy atom. The molecule has 5 heteroatoms. The van der Waals surface area contributed by atoms with Crippen LogP contribution in [-0.4, -0.2) is 4.98 Å². The fourth-order valence-corrected chi connectivity index (χ4v) is 2.06. The summed E-state index contributed by atoms with van der Waals surface area (Å²) in [6, 6.07) is 8.24. The van der Waals surface area contributed by atoms with Crippen molar-refractivity contribution in [2.75, 3.05) is 0 Å². The molecule has 2 nitrogen and oxygen atoms in total. The average molecular weight is 248 g/mol. The quantitative estimate of drug-likeness (QED) is 0.817. The third-order valence-electron chi connectivity index (χ3n) is 1.97. The maximum absolute atomic E-state index is 13.4. The van der Waals surface area contributed by atoms with Crippen molar-refractivity contribution < 1.29 is 8.78 Å². The van der Waals surface area contributed by atoms with Crippen LogP contribution in [0.15, 0.2) is 46.5 Å². The Hall–Kier alpha value is -1.93. The second kappa shape index (κ2) is 4.93. The maximum atomic E-state index is 13.4. The molecule has 0 N–H and O–H groups in total. The molecule has 0 aliphatic heterocycles. The average Bonchev–Trinajstić information content (AvgIpc) is 2.34. The van der Waals surface area contributed by atoms with E-state index < -0.39 is 11.6 Å². The highest BCUT2D eigenvalue weighted by atomic mass is 32.2. The summed E-state index contributed by atoms with van der Waals surface area (Å²) in [7, 11) is 0. The summed E-state index contributed by atoms with van der Waals surface area (Å²) in [5.41, 5.74) is 0.430. The summed E-state index contributed by atoms with van der Waals surface area (Å²) in [5, 5.41) is 9.16. The van der Waals surface area contributed by atoms with Crippen molar-refractivity contribution in [1.82, 2.24) is 4.98 Å². The largest absolute Gasteiger partial charge is 0.250 e. The van der Waals surface area contributed by atoms with Crippen molar-refractivity contribution in [3.63, 3.8) is 0 Å². The van der Waals surface area contributed by atoms with Crippen molar-refractivity contribution in [2.24, 2.45) is 0 Å². The van der Waals surface area contributed by atoms with Crippen LogP contribution in [0.5, 0.6) is 0 Å². The lowest BCUT2D eigenvalue weighted by Gasteiger charge is -2.02. The molecule has 2 aromatic rings. The number of rotatable bonds is 2. The van der Waals surface area contributed by atoms with E-state index in [1.807, 2.05) is 6.07 Å². The van der Waals surface area contributed by atoms with Crippen molar-refractivity contribution >= 4 is 11.8 Å². The first kappa shape index (κ1) is 11.6. The van der Waals surface area contributed by atoms with Crippen LogP contribution in [0.3, 0.4) is 0 Å². The summed E-state index contributed by atoms with van der Waals surface area (Å²) in [6.07, 6.45) is 1.46. The summed E-state index contributed by atoms with van der Waals surface area (Å²) in [5.74, 6) is -1.02. The van der Waals surface area contributed by atoms with Crippen molar-refractivity contribution in [3.05, 3.63) is 53.7 Å². The first-order valence-corrected chi connectivity index (χ1v) is 5.50. The number of halogens is 2. The number of hydrogen-bond acceptors (Lipinski definition) is 3. The molecule has 0 aliphatic rings. The Labute approximate surface area is 101 Å². The second-order valence-electron chi connectivity index (χ2n) is 3.17. The molecule has 1 aromatic carbocycles. The molecule has 0 amide bonds. The minimum Gasteiger partial charge on any atom is -0.250 e. The van der Waals surface area contributed by atoms with Crippen LogP contribution in [0.25, 0.3) is 0 Å². The minimum absolute atomic E-state index is 0.146. The zero-order chi connectivity index (χ0) is 12.3. The highest BCUT2D eigenvalue weighted by Gasteiger charge is 2.07. The van der Waals surface area contributed by atoms with E-state index in [1.54, 1.807) is 6.07 Å². The molecule has 1 aromatic heterocycles. The summed E-state index contributed by atoms with van der Waals surface area (Å²) in [4.78, 5) is 4.12. The highest BCUT2D eigenvalue weighted by Crippen LogP contribution is 2.29. The number of benzene rings is 1. The van der Waals surface area contributed by atoms with Crippen molar-refractivity contribution in [1.29, 1.82) is 5.26 Å². The lowest BCUT2D eigenvalue weighted by Crippen LogP contribution is -1.86. The molecule has 0 aliphatic carbocycles. The molecule has 84 valence electrons. The zero-order valence-corrected chi connectivity index (χ0v) is 9.34. The van der Waals surface area contributed by atoms with Gasteiger partial charge in [0.15, 0.2) is 0 Å². The third-order valence-corrected chi connectivity index (χ3v) is 2.94. The van der Waals surface area contributed by atoms with Gasteiger partial charge in [-0.05, 0) is 30.3 Å². The second-order valence-corrected chi connectivity index (χ2v) is 4.23. The first-order valence-electron chi connectivity index (χ1n) is 4.68. The molecule has 0 saturated carbocycles. The fraction of sp³-hybridized carbons (Fsp3) is 0. The molecule has 0 spiro atoms. The SMILES string of the molecule is N#Cc1ccnc(Sc2cc(F)ccc2F)c1. The van der Waals surface area contributed by atoms with Gasteiger partial charge in [0, 0.05) is 6.20 Å². The molecule has 17 heavy (non-hydrogen) atoms. The van der Waals surface area contributed by atoms with E-state index in [0.717, 1.165) is 30.0 Å². The van der Waals surface area contributed by atoms with Crippen LogP contribution in [0.1, 0.15) is 5.56 Å². The van der Waals surface area contributed by atoms with E-state index in [4.69, 9.17) is 5.26 Å². The van der Waals surface area contributed by atoms with Gasteiger partial charge < -0.3 is 0 Å². The van der Waals surface area contributed by atoms with Crippen LogP contribution in [0.2, 0.25) is 0 Å². The zero-order valence-electron chi connectivity index (χ0n) is 8.52. The van der Waals surface area contributed by atoms with Crippen LogP contribution >= 0.6 is 11.8 Å². The van der Waals surface area contributed by atoms with E-state index in [0.29, 0.717) is 10.6 Å². The minimum atomic E-state index is -0.513. The topological polar surface area (TPSA) is 36.7 Å². The lowest BCUT2D eigenvalue weighted by molar-refractivity contribution is 0.577. The normalized spacial score (nSPS) is 9.94. The van der Waals surface area contributed by atoms with Crippen LogP contribution in [-0.2, 0) is 0 Å². The Kier molecular flexibility index (Phi) is 3.35. The summed E-state index contributed by atoms with van der Waals surface area (Å²) in [6.45, 7) is 0. The Bertz CT molecular complexity index is 593. The van der Waals surface area contributed by atoms with Gasteiger partial charge in [-0.15, -0.1) is 0 Å². The van der Waals surface area contributed by atoms with Crippen molar-refractivity contribution in [3.8, 4) is 6.07 Å². The molecule has 0 saturated heterocycles. The summed E-state index contributed by atoms with van der Waals surface area (Å²) < 4.78 is 26.3. The molecular formula is C12H6F2N2S. The van der Waals surface area contributed by atoms with E-state index in [2.05, 4.69) is 4.98 Å². The molecule has 0 fully saturated rings. The predicted octanol–water partition coefficient (Wildman–Crippen LogP) is 3.38. The Balaban J connectivity index is 2.31. The van der Waals surface area contributed by atoms with Crippen LogP contribution in [0, 0.1) is 23.0 Å². The molecule has 2 rings (SSSR count). The fourth-order valence-electron chi connectivity index (χ4n) is 1.20. The number of nitrogens with zero attached hydrogens (tertiary/aromatic N) is 2. The van der Waals surface area contributed by atoms with Gasteiger partial charge in [-0.25, -0.2) is 13.8 Å². The molecule has 1 heterocycles. The smallest absolute Gasteiger partial charge is 0.137 e. The number of pyridine rings is 1. The number of hydrogen-bond donors (Lipinski definition) is 0. The number of nitriles is 1. The Morgan fingerprint density at radius 3 is 2.76 bits per heavy atom. The van der Waals surface area contributed by atoms with Gasteiger partial charge in [0.05, 0.1) is 16.5 Å². The van der Waals surface area contributed by atoms with Crippen LogP contribution in [0.4, 0.5) is 8.78 Å². The summed E-state index contributed by atoms with van der Waals surface area (Å²) >= 11 is 0.981. The predicted molar refractivity (Wildman–Crippen MR) is 59.4 cm³/mol. The van der Waals surface area contributed by atoms with Gasteiger partial charge in [0.25, 0.3) is 0 Å². The maximum Gasteiger partial charge on any atom is 0.137 e. The van der Waals surface area contributed by atoms with E-state index in [9.17, 15) is 8.78 Å². The van der Waals surface area contributed by atoms with Gasteiger partial charge in [-0.3, -0.25) is 0 Å². The number of aromatic nitrogens is 1. The molecule has 0 bridgehead atoms. The third kappa shape index (κ3) is 2.80. The lowest BCUT2D eigenvalue weighted by atomic mass is 10.3. The van der Waals surface area contributed by atoms with Gasteiger partial charge in [0.1, 0.15) is 16.7 Å².